The Balaban J connectivity index is 2.69. The molecular formula is C12H18BrNO2S. The first kappa shape index (κ1) is 15.0. The summed E-state index contributed by atoms with van der Waals surface area (Å²) >= 11 is 5.05. The molecule has 0 aliphatic rings. The Morgan fingerprint density at radius 1 is 1.47 bits per heavy atom. The van der Waals surface area contributed by atoms with E-state index >= 15 is 0 Å². The highest BCUT2D eigenvalue weighted by Crippen LogP contribution is 2.30. The highest BCUT2D eigenvalue weighted by atomic mass is 79.9. The van der Waals surface area contributed by atoms with Gasteiger partial charge in [-0.1, -0.05) is 6.07 Å². The molecule has 2 unspecified atom stereocenters. The fourth-order valence-electron chi connectivity index (χ4n) is 1.31. The smallest absolute Gasteiger partial charge is 0.0864 e. The van der Waals surface area contributed by atoms with Gasteiger partial charge in [0, 0.05) is 21.2 Å². The number of hydrogen-bond donors (Lipinski definition) is 3. The maximum Gasteiger partial charge on any atom is 0.0864 e. The standard InChI is InChI=1S/C12H18BrNO2S/c1-8(14-2)9-3-4-12(11(13)5-9)17-7-10(16)6-15/h3-5,8,10,14-16H,6-7H2,1-2H3. The van der Waals surface area contributed by atoms with Gasteiger partial charge in [-0.05, 0) is 47.6 Å². The lowest BCUT2D eigenvalue weighted by atomic mass is 10.1. The molecule has 17 heavy (non-hydrogen) atoms. The maximum absolute atomic E-state index is 9.29. The molecule has 0 aliphatic carbocycles. The minimum atomic E-state index is -0.664. The quantitative estimate of drug-likeness (QED) is 0.703. The summed E-state index contributed by atoms with van der Waals surface area (Å²) in [4.78, 5) is 1.07. The van der Waals surface area contributed by atoms with Crippen LogP contribution in [-0.2, 0) is 0 Å². The Labute approximate surface area is 115 Å². The van der Waals surface area contributed by atoms with Crippen LogP contribution in [0.4, 0.5) is 0 Å². The molecule has 0 spiro atoms. The fraction of sp³-hybridized carbons (Fsp3) is 0.500. The molecular weight excluding hydrogens is 302 g/mol. The summed E-state index contributed by atoms with van der Waals surface area (Å²) in [6, 6.07) is 6.49. The number of hydrogen-bond acceptors (Lipinski definition) is 4. The highest BCUT2D eigenvalue weighted by molar-refractivity contribution is 9.10. The van der Waals surface area contributed by atoms with Crippen LogP contribution >= 0.6 is 27.7 Å². The third-order valence-corrected chi connectivity index (χ3v) is 4.67. The summed E-state index contributed by atoms with van der Waals surface area (Å²) in [6.45, 7) is 1.91. The second-order valence-corrected chi connectivity index (χ2v) is 5.76. The molecule has 0 aromatic heterocycles. The normalized spacial score (nSPS) is 14.6. The Bertz CT molecular complexity index is 362. The summed E-state index contributed by atoms with van der Waals surface area (Å²) in [6.07, 6.45) is -0.664. The van der Waals surface area contributed by atoms with E-state index in [1.165, 1.54) is 17.3 Å². The third-order valence-electron chi connectivity index (χ3n) is 2.53. The van der Waals surface area contributed by atoms with Gasteiger partial charge in [0.25, 0.3) is 0 Å². The van der Waals surface area contributed by atoms with E-state index in [2.05, 4.69) is 40.3 Å². The van der Waals surface area contributed by atoms with Crippen molar-refractivity contribution < 1.29 is 10.2 Å². The van der Waals surface area contributed by atoms with Crippen molar-refractivity contribution in [3.63, 3.8) is 0 Å². The van der Waals surface area contributed by atoms with Gasteiger partial charge in [0.2, 0.25) is 0 Å². The summed E-state index contributed by atoms with van der Waals surface area (Å²) in [5.74, 6) is 0.496. The molecule has 3 nitrogen and oxygen atoms in total. The van der Waals surface area contributed by atoms with Crippen molar-refractivity contribution in [1.29, 1.82) is 0 Å². The first-order valence-electron chi connectivity index (χ1n) is 5.47. The monoisotopic (exact) mass is 319 g/mol. The van der Waals surface area contributed by atoms with Gasteiger partial charge in [-0.3, -0.25) is 0 Å². The zero-order valence-corrected chi connectivity index (χ0v) is 12.4. The Hall–Kier alpha value is -0.0700. The topological polar surface area (TPSA) is 52.5 Å². The predicted octanol–water partition coefficient (Wildman–Crippen LogP) is 2.17. The van der Waals surface area contributed by atoms with Crippen LogP contribution < -0.4 is 5.32 Å². The lowest BCUT2D eigenvalue weighted by Gasteiger charge is -2.13. The third kappa shape index (κ3) is 4.60. The van der Waals surface area contributed by atoms with Gasteiger partial charge in [0.05, 0.1) is 12.7 Å². The van der Waals surface area contributed by atoms with Crippen molar-refractivity contribution in [2.24, 2.45) is 0 Å². The van der Waals surface area contributed by atoms with Gasteiger partial charge in [0.15, 0.2) is 0 Å². The molecule has 5 heteroatoms. The maximum atomic E-state index is 9.29. The van der Waals surface area contributed by atoms with Gasteiger partial charge in [-0.2, -0.15) is 0 Å². The molecule has 1 aromatic carbocycles. The van der Waals surface area contributed by atoms with Crippen LogP contribution in [0.15, 0.2) is 27.6 Å². The fourth-order valence-corrected chi connectivity index (χ4v) is 2.89. The first-order chi connectivity index (χ1) is 8.08. The Morgan fingerprint density at radius 2 is 2.18 bits per heavy atom. The molecule has 2 atom stereocenters. The number of thioether (sulfide) groups is 1. The van der Waals surface area contributed by atoms with E-state index in [9.17, 15) is 5.11 Å². The minimum absolute atomic E-state index is 0.195. The van der Waals surface area contributed by atoms with Crippen molar-refractivity contribution in [2.45, 2.75) is 24.0 Å². The molecule has 0 fully saturated rings. The minimum Gasteiger partial charge on any atom is -0.394 e. The lowest BCUT2D eigenvalue weighted by Crippen LogP contribution is -2.14. The average Bonchev–Trinajstić information content (AvgIpc) is 2.35. The predicted molar refractivity (Wildman–Crippen MR) is 75.4 cm³/mol. The van der Waals surface area contributed by atoms with E-state index in [-0.39, 0.29) is 6.61 Å². The van der Waals surface area contributed by atoms with Crippen LogP contribution in [0.5, 0.6) is 0 Å². The second-order valence-electron chi connectivity index (χ2n) is 3.85. The van der Waals surface area contributed by atoms with Gasteiger partial charge >= 0.3 is 0 Å². The number of aliphatic hydroxyl groups is 2. The van der Waals surface area contributed by atoms with Crippen LogP contribution in [0, 0.1) is 0 Å². The van der Waals surface area contributed by atoms with Crippen molar-refractivity contribution in [3.05, 3.63) is 28.2 Å². The average molecular weight is 320 g/mol. The summed E-state index contributed by atoms with van der Waals surface area (Å²) in [5, 5.41) is 21.2. The van der Waals surface area contributed by atoms with Crippen molar-refractivity contribution in [3.8, 4) is 0 Å². The lowest BCUT2D eigenvalue weighted by molar-refractivity contribution is 0.113. The van der Waals surface area contributed by atoms with E-state index < -0.39 is 6.10 Å². The van der Waals surface area contributed by atoms with Crippen LogP contribution in [-0.4, -0.2) is 35.7 Å². The number of benzene rings is 1. The zero-order chi connectivity index (χ0) is 12.8. The molecule has 0 heterocycles. The van der Waals surface area contributed by atoms with Crippen molar-refractivity contribution in [2.75, 3.05) is 19.4 Å². The van der Waals surface area contributed by atoms with Crippen LogP contribution in [0.25, 0.3) is 0 Å². The van der Waals surface area contributed by atoms with Gasteiger partial charge in [-0.15, -0.1) is 11.8 Å². The van der Waals surface area contributed by atoms with E-state index in [1.54, 1.807) is 0 Å². The summed E-state index contributed by atoms with van der Waals surface area (Å²) in [5.41, 5.74) is 1.21. The number of rotatable bonds is 6. The van der Waals surface area contributed by atoms with E-state index in [0.717, 1.165) is 9.37 Å². The van der Waals surface area contributed by atoms with Gasteiger partial charge in [0.1, 0.15) is 0 Å². The van der Waals surface area contributed by atoms with Crippen LogP contribution in [0.1, 0.15) is 18.5 Å². The molecule has 1 rings (SSSR count). The van der Waals surface area contributed by atoms with E-state index in [4.69, 9.17) is 5.11 Å². The van der Waals surface area contributed by atoms with E-state index in [0.29, 0.717) is 11.8 Å². The molecule has 0 bridgehead atoms. The second kappa shape index (κ2) is 7.38. The van der Waals surface area contributed by atoms with Crippen molar-refractivity contribution in [1.82, 2.24) is 5.32 Å². The molecule has 96 valence electrons. The molecule has 3 N–H and O–H groups in total. The molecule has 1 aromatic rings. The molecule has 0 saturated heterocycles. The summed E-state index contributed by atoms with van der Waals surface area (Å²) in [7, 11) is 1.93. The Kier molecular flexibility index (Phi) is 6.51. The van der Waals surface area contributed by atoms with E-state index in [1.807, 2.05) is 13.1 Å². The molecule has 0 radical (unpaired) electrons. The SMILES string of the molecule is CNC(C)c1ccc(SCC(O)CO)c(Br)c1. The first-order valence-corrected chi connectivity index (χ1v) is 7.24. The number of aliphatic hydroxyl groups excluding tert-OH is 2. The number of halogens is 1. The largest absolute Gasteiger partial charge is 0.394 e. The molecule has 0 saturated carbocycles. The Morgan fingerprint density at radius 3 is 2.71 bits per heavy atom. The van der Waals surface area contributed by atoms with Crippen LogP contribution in [0.3, 0.4) is 0 Å². The molecule has 0 amide bonds. The zero-order valence-electron chi connectivity index (χ0n) is 9.98. The highest BCUT2D eigenvalue weighted by Gasteiger charge is 2.08. The van der Waals surface area contributed by atoms with Crippen LogP contribution in [0.2, 0.25) is 0 Å². The van der Waals surface area contributed by atoms with Gasteiger partial charge in [-0.25, -0.2) is 0 Å². The van der Waals surface area contributed by atoms with Gasteiger partial charge < -0.3 is 15.5 Å². The number of nitrogens with one attached hydrogen (secondary N) is 1. The van der Waals surface area contributed by atoms with Crippen molar-refractivity contribution >= 4 is 27.7 Å². The molecule has 0 aliphatic heterocycles. The summed E-state index contributed by atoms with van der Waals surface area (Å²) < 4.78 is 1.02.